The van der Waals surface area contributed by atoms with Crippen molar-refractivity contribution >= 4 is 29.3 Å². The quantitative estimate of drug-likeness (QED) is 0.306. The molecule has 6 nitrogen and oxygen atoms in total. The van der Waals surface area contributed by atoms with E-state index in [9.17, 15) is 4.79 Å². The molecule has 8 heteroatoms. The molecular formula is C16H15ClN2O4S. The van der Waals surface area contributed by atoms with Crippen LogP contribution in [0.25, 0.3) is 11.5 Å². The first-order chi connectivity index (χ1) is 11.7. The Labute approximate surface area is 148 Å². The average Bonchev–Trinajstić information content (AvgIpc) is 3.06. The van der Waals surface area contributed by atoms with Gasteiger partial charge in [-0.25, -0.2) is 0 Å². The topological polar surface area (TPSA) is 74.5 Å². The van der Waals surface area contributed by atoms with Gasteiger partial charge < -0.3 is 13.9 Å². The van der Waals surface area contributed by atoms with Gasteiger partial charge in [0.25, 0.3) is 5.22 Å². The Bertz CT molecular complexity index is 742. The van der Waals surface area contributed by atoms with Crippen molar-refractivity contribution < 1.29 is 18.7 Å². The molecule has 2 aromatic rings. The van der Waals surface area contributed by atoms with Crippen LogP contribution in [-0.4, -0.2) is 35.6 Å². The summed E-state index contributed by atoms with van der Waals surface area (Å²) < 4.78 is 15.5. The van der Waals surface area contributed by atoms with Crippen molar-refractivity contribution in [2.45, 2.75) is 18.1 Å². The second-order valence-corrected chi connectivity index (χ2v) is 5.94. The van der Waals surface area contributed by atoms with Crippen molar-refractivity contribution in [3.05, 3.63) is 23.2 Å². The average molecular weight is 367 g/mol. The third kappa shape index (κ3) is 4.91. The number of nitrogens with zero attached hydrogens (tertiary/aromatic N) is 2. The van der Waals surface area contributed by atoms with Crippen molar-refractivity contribution in [2.24, 2.45) is 0 Å². The van der Waals surface area contributed by atoms with Crippen molar-refractivity contribution in [3.63, 3.8) is 0 Å². The number of carbonyl (C=O) groups is 1. The van der Waals surface area contributed by atoms with E-state index in [4.69, 9.17) is 27.2 Å². The first-order valence-electron chi connectivity index (χ1n) is 7.04. The standard InChI is InChI=1S/C16H15ClN2O4S/c1-3-9-22-12-7-4-6-11(14(12)17)15-18-19-16(23-15)24-10-5-8-13(20)21-2/h1,4,6-7H,5,8-10H2,2H3. The zero-order valence-corrected chi connectivity index (χ0v) is 14.5. The van der Waals surface area contributed by atoms with Gasteiger partial charge in [0.05, 0.1) is 17.7 Å². The van der Waals surface area contributed by atoms with Crippen LogP contribution >= 0.6 is 23.4 Å². The molecule has 0 bridgehead atoms. The summed E-state index contributed by atoms with van der Waals surface area (Å²) in [5.41, 5.74) is 0.570. The normalized spacial score (nSPS) is 10.2. The number of hydrogen-bond acceptors (Lipinski definition) is 7. The number of halogens is 1. The fraction of sp³-hybridized carbons (Fsp3) is 0.312. The van der Waals surface area contributed by atoms with E-state index in [0.29, 0.717) is 46.0 Å². The molecule has 126 valence electrons. The van der Waals surface area contributed by atoms with Gasteiger partial charge in [0.1, 0.15) is 12.4 Å². The van der Waals surface area contributed by atoms with Crippen LogP contribution in [0.2, 0.25) is 5.02 Å². The summed E-state index contributed by atoms with van der Waals surface area (Å²) in [4.78, 5) is 11.0. The van der Waals surface area contributed by atoms with Gasteiger partial charge in [-0.2, -0.15) is 0 Å². The van der Waals surface area contributed by atoms with Gasteiger partial charge in [0.2, 0.25) is 5.89 Å². The molecule has 0 N–H and O–H groups in total. The zero-order chi connectivity index (χ0) is 17.4. The highest BCUT2D eigenvalue weighted by Crippen LogP contribution is 2.35. The lowest BCUT2D eigenvalue weighted by molar-refractivity contribution is -0.140. The summed E-state index contributed by atoms with van der Waals surface area (Å²) in [5.74, 6) is 3.55. The van der Waals surface area contributed by atoms with Gasteiger partial charge in [-0.1, -0.05) is 35.3 Å². The number of esters is 1. The van der Waals surface area contributed by atoms with E-state index in [1.807, 2.05) is 0 Å². The molecule has 0 aliphatic rings. The van der Waals surface area contributed by atoms with Gasteiger partial charge in [-0.15, -0.1) is 16.6 Å². The van der Waals surface area contributed by atoms with Crippen LogP contribution in [0.1, 0.15) is 12.8 Å². The number of carbonyl (C=O) groups excluding carboxylic acids is 1. The molecule has 2 rings (SSSR count). The van der Waals surface area contributed by atoms with E-state index < -0.39 is 0 Å². The summed E-state index contributed by atoms with van der Waals surface area (Å²) in [6.45, 7) is 0.119. The summed E-state index contributed by atoms with van der Waals surface area (Å²) in [6, 6.07) is 5.23. The molecule has 0 fully saturated rings. The molecular weight excluding hydrogens is 352 g/mol. The van der Waals surface area contributed by atoms with E-state index >= 15 is 0 Å². The van der Waals surface area contributed by atoms with E-state index in [1.165, 1.54) is 18.9 Å². The van der Waals surface area contributed by atoms with Gasteiger partial charge in [0.15, 0.2) is 0 Å². The molecule has 0 aliphatic heterocycles. The van der Waals surface area contributed by atoms with Crippen LogP contribution in [-0.2, 0) is 9.53 Å². The van der Waals surface area contributed by atoms with Crippen LogP contribution in [0.4, 0.5) is 0 Å². The summed E-state index contributed by atoms with van der Waals surface area (Å²) in [6.07, 6.45) is 6.18. The number of thioether (sulfide) groups is 1. The first-order valence-corrected chi connectivity index (χ1v) is 8.40. The Morgan fingerprint density at radius 3 is 3.04 bits per heavy atom. The number of ether oxygens (including phenoxy) is 2. The van der Waals surface area contributed by atoms with Crippen LogP contribution in [0.3, 0.4) is 0 Å². The molecule has 1 heterocycles. The smallest absolute Gasteiger partial charge is 0.305 e. The highest BCUT2D eigenvalue weighted by molar-refractivity contribution is 7.99. The lowest BCUT2D eigenvalue weighted by atomic mass is 10.2. The minimum Gasteiger partial charge on any atom is -0.479 e. The first kappa shape index (κ1) is 18.2. The number of benzene rings is 1. The molecule has 24 heavy (non-hydrogen) atoms. The highest BCUT2D eigenvalue weighted by atomic mass is 35.5. The van der Waals surface area contributed by atoms with E-state index in [1.54, 1.807) is 18.2 Å². The van der Waals surface area contributed by atoms with Crippen molar-refractivity contribution in [2.75, 3.05) is 19.5 Å². The summed E-state index contributed by atoms with van der Waals surface area (Å²) in [5, 5.41) is 8.71. The minimum atomic E-state index is -0.239. The van der Waals surface area contributed by atoms with E-state index in [0.717, 1.165) is 0 Å². The Morgan fingerprint density at radius 1 is 1.46 bits per heavy atom. The largest absolute Gasteiger partial charge is 0.479 e. The van der Waals surface area contributed by atoms with Gasteiger partial charge in [-0.3, -0.25) is 4.79 Å². The lowest BCUT2D eigenvalue weighted by Crippen LogP contribution is -1.99. The molecule has 1 aromatic carbocycles. The molecule has 0 aliphatic carbocycles. The van der Waals surface area contributed by atoms with Crippen LogP contribution in [0.15, 0.2) is 27.8 Å². The maximum absolute atomic E-state index is 11.0. The van der Waals surface area contributed by atoms with Gasteiger partial charge in [0, 0.05) is 12.2 Å². The van der Waals surface area contributed by atoms with Crippen LogP contribution < -0.4 is 4.74 Å². The number of rotatable bonds is 8. The third-order valence-electron chi connectivity index (χ3n) is 2.89. The Kier molecular flexibility index (Phi) is 6.97. The predicted molar refractivity (Wildman–Crippen MR) is 91.0 cm³/mol. The SMILES string of the molecule is C#CCOc1cccc(-c2nnc(SCCCC(=O)OC)o2)c1Cl. The maximum Gasteiger partial charge on any atom is 0.305 e. The monoisotopic (exact) mass is 366 g/mol. The minimum absolute atomic E-state index is 0.119. The number of aromatic nitrogens is 2. The van der Waals surface area contributed by atoms with Gasteiger partial charge >= 0.3 is 5.97 Å². The zero-order valence-electron chi connectivity index (χ0n) is 13.0. The van der Waals surface area contributed by atoms with E-state index in [-0.39, 0.29) is 12.6 Å². The molecule has 0 atom stereocenters. The highest BCUT2D eigenvalue weighted by Gasteiger charge is 2.15. The predicted octanol–water partition coefficient (Wildman–Crippen LogP) is 3.45. The number of hydrogen-bond donors (Lipinski definition) is 0. The molecule has 0 radical (unpaired) electrons. The molecule has 0 saturated heterocycles. The van der Waals surface area contributed by atoms with E-state index in [2.05, 4.69) is 20.9 Å². The fourth-order valence-corrected chi connectivity index (χ4v) is 2.72. The Balaban J connectivity index is 2.00. The van der Waals surface area contributed by atoms with Crippen LogP contribution in [0.5, 0.6) is 5.75 Å². The second-order valence-electron chi connectivity index (χ2n) is 4.51. The number of methoxy groups -OCH3 is 1. The summed E-state index contributed by atoms with van der Waals surface area (Å²) in [7, 11) is 1.37. The van der Waals surface area contributed by atoms with Crippen molar-refractivity contribution in [1.29, 1.82) is 0 Å². The number of terminal acetylenes is 1. The molecule has 1 aromatic heterocycles. The molecule has 0 saturated carbocycles. The molecule has 0 spiro atoms. The Hall–Kier alpha value is -2.17. The second kappa shape index (κ2) is 9.21. The Morgan fingerprint density at radius 2 is 2.29 bits per heavy atom. The van der Waals surface area contributed by atoms with Crippen LogP contribution in [0, 0.1) is 12.3 Å². The maximum atomic E-state index is 11.0. The third-order valence-corrected chi connectivity index (χ3v) is 4.18. The van der Waals surface area contributed by atoms with Gasteiger partial charge in [-0.05, 0) is 18.6 Å². The van der Waals surface area contributed by atoms with Crippen molar-refractivity contribution in [1.82, 2.24) is 10.2 Å². The lowest BCUT2D eigenvalue weighted by Gasteiger charge is -2.06. The fourth-order valence-electron chi connectivity index (χ4n) is 1.76. The van der Waals surface area contributed by atoms with Crippen molar-refractivity contribution in [3.8, 4) is 29.5 Å². The molecule has 0 amide bonds. The summed E-state index contributed by atoms with van der Waals surface area (Å²) >= 11 is 7.65. The molecule has 0 unspecified atom stereocenters.